The van der Waals surface area contributed by atoms with Gasteiger partial charge in [-0.05, 0) is 36.7 Å². The van der Waals surface area contributed by atoms with Crippen molar-refractivity contribution in [3.63, 3.8) is 0 Å². The molecule has 1 heterocycles. The normalized spacial score (nSPS) is 15.7. The number of urea groups is 1. The predicted molar refractivity (Wildman–Crippen MR) is 85.3 cm³/mol. The number of anilines is 1. The highest BCUT2D eigenvalue weighted by Gasteiger charge is 2.32. The highest BCUT2D eigenvalue weighted by molar-refractivity contribution is 7.92. The first kappa shape index (κ1) is 17.9. The van der Waals surface area contributed by atoms with E-state index in [0.717, 1.165) is 50.5 Å². The van der Waals surface area contributed by atoms with E-state index >= 15 is 0 Å². The molecule has 1 aliphatic carbocycles. The lowest BCUT2D eigenvalue weighted by Gasteiger charge is -2.24. The van der Waals surface area contributed by atoms with E-state index in [-0.39, 0.29) is 17.7 Å². The SMILES string of the molecule is CS(=O)(=O)N(C(N)=O)c1ccc([N+](=O)[O-])nc1OC1CCCCC1. The van der Waals surface area contributed by atoms with Crippen LogP contribution in [0.2, 0.25) is 0 Å². The summed E-state index contributed by atoms with van der Waals surface area (Å²) in [5.74, 6) is -0.803. The molecule has 0 spiro atoms. The van der Waals surface area contributed by atoms with Gasteiger partial charge in [-0.25, -0.2) is 13.2 Å². The number of hydrogen-bond donors (Lipinski definition) is 1. The van der Waals surface area contributed by atoms with Crippen LogP contribution in [0.25, 0.3) is 0 Å². The Morgan fingerprint density at radius 2 is 2.00 bits per heavy atom. The Labute approximate surface area is 138 Å². The lowest BCUT2D eigenvalue weighted by molar-refractivity contribution is -0.389. The summed E-state index contributed by atoms with van der Waals surface area (Å²) in [7, 11) is -4.04. The average Bonchev–Trinajstić information content (AvgIpc) is 2.48. The lowest BCUT2D eigenvalue weighted by Crippen LogP contribution is -2.40. The third kappa shape index (κ3) is 4.10. The molecule has 1 aliphatic rings. The minimum Gasteiger partial charge on any atom is -0.455 e. The fourth-order valence-corrected chi connectivity index (χ4v) is 3.39. The maximum atomic E-state index is 11.8. The zero-order valence-corrected chi connectivity index (χ0v) is 13.9. The zero-order chi connectivity index (χ0) is 17.9. The Hall–Kier alpha value is -2.43. The standard InChI is InChI=1S/C13H18N4O6S/c1-24(21,22)16(13(14)18)10-7-8-11(17(19)20)15-12(10)23-9-5-3-2-4-6-9/h7-9H,2-6H2,1H3,(H2,14,18). The van der Waals surface area contributed by atoms with Crippen molar-refractivity contribution in [2.75, 3.05) is 10.6 Å². The minimum atomic E-state index is -4.04. The highest BCUT2D eigenvalue weighted by atomic mass is 32.2. The summed E-state index contributed by atoms with van der Waals surface area (Å²) in [6.45, 7) is 0. The second kappa shape index (κ2) is 6.99. The summed E-state index contributed by atoms with van der Waals surface area (Å²) >= 11 is 0. The summed E-state index contributed by atoms with van der Waals surface area (Å²) in [6, 6.07) is 0.834. The van der Waals surface area contributed by atoms with Crippen molar-refractivity contribution in [3.8, 4) is 5.88 Å². The number of rotatable bonds is 5. The fourth-order valence-electron chi connectivity index (χ4n) is 2.57. The zero-order valence-electron chi connectivity index (χ0n) is 13.0. The third-order valence-corrected chi connectivity index (χ3v) is 4.63. The van der Waals surface area contributed by atoms with Gasteiger partial charge in [0.1, 0.15) is 6.10 Å². The molecule has 2 rings (SSSR count). The van der Waals surface area contributed by atoms with Gasteiger partial charge >= 0.3 is 17.7 Å². The molecule has 2 amide bonds. The number of sulfonamides is 1. The van der Waals surface area contributed by atoms with Gasteiger partial charge in [-0.15, -0.1) is 0 Å². The Bertz CT molecular complexity index is 745. The van der Waals surface area contributed by atoms with Gasteiger partial charge < -0.3 is 20.6 Å². The average molecular weight is 358 g/mol. The van der Waals surface area contributed by atoms with E-state index in [0.29, 0.717) is 4.31 Å². The number of carbonyl (C=O) groups is 1. The van der Waals surface area contributed by atoms with Gasteiger partial charge in [-0.2, -0.15) is 4.31 Å². The molecule has 0 aliphatic heterocycles. The maximum absolute atomic E-state index is 11.8. The van der Waals surface area contributed by atoms with E-state index < -0.39 is 26.8 Å². The van der Waals surface area contributed by atoms with E-state index in [1.807, 2.05) is 0 Å². The third-order valence-electron chi connectivity index (χ3n) is 3.59. The summed E-state index contributed by atoms with van der Waals surface area (Å²) in [5.41, 5.74) is 4.91. The molecule has 11 heteroatoms. The monoisotopic (exact) mass is 358 g/mol. The van der Waals surface area contributed by atoms with Crippen LogP contribution < -0.4 is 14.8 Å². The summed E-state index contributed by atoms with van der Waals surface area (Å²) in [6.07, 6.45) is 4.91. The number of amides is 2. The molecule has 1 aromatic rings. The molecular weight excluding hydrogens is 340 g/mol. The number of nitro groups is 1. The van der Waals surface area contributed by atoms with E-state index in [4.69, 9.17) is 10.5 Å². The van der Waals surface area contributed by atoms with Gasteiger partial charge in [0.15, 0.2) is 5.69 Å². The second-order valence-corrected chi connectivity index (χ2v) is 7.33. The van der Waals surface area contributed by atoms with Gasteiger partial charge in [0.2, 0.25) is 10.0 Å². The molecular formula is C13H18N4O6S. The Morgan fingerprint density at radius 1 is 1.38 bits per heavy atom. The Morgan fingerprint density at radius 3 is 2.50 bits per heavy atom. The Balaban J connectivity index is 2.48. The van der Waals surface area contributed by atoms with Gasteiger partial charge in [-0.1, -0.05) is 6.42 Å². The van der Waals surface area contributed by atoms with Crippen LogP contribution in [-0.2, 0) is 10.0 Å². The molecule has 24 heavy (non-hydrogen) atoms. The predicted octanol–water partition coefficient (Wildman–Crippen LogP) is 1.55. The van der Waals surface area contributed by atoms with Crippen LogP contribution in [0.1, 0.15) is 32.1 Å². The van der Waals surface area contributed by atoms with Crippen molar-refractivity contribution in [2.45, 2.75) is 38.2 Å². The van der Waals surface area contributed by atoms with Gasteiger partial charge in [-0.3, -0.25) is 0 Å². The smallest absolute Gasteiger partial charge is 0.367 e. The highest BCUT2D eigenvalue weighted by Crippen LogP contribution is 2.33. The van der Waals surface area contributed by atoms with Crippen LogP contribution in [0.3, 0.4) is 0 Å². The summed E-state index contributed by atoms with van der Waals surface area (Å²) < 4.78 is 29.7. The minimum absolute atomic E-state index is 0.235. The Kier molecular flexibility index (Phi) is 5.22. The van der Waals surface area contributed by atoms with Crippen LogP contribution in [0.5, 0.6) is 5.88 Å². The van der Waals surface area contributed by atoms with Crippen LogP contribution in [0.4, 0.5) is 16.3 Å². The van der Waals surface area contributed by atoms with Crippen molar-refractivity contribution < 1.29 is 22.9 Å². The summed E-state index contributed by atoms with van der Waals surface area (Å²) in [5, 5.41) is 10.9. The second-order valence-electron chi connectivity index (χ2n) is 5.49. The fraction of sp³-hybridized carbons (Fsp3) is 0.538. The quantitative estimate of drug-likeness (QED) is 0.620. The number of nitrogens with two attached hydrogens (primary N) is 1. The maximum Gasteiger partial charge on any atom is 0.367 e. The van der Waals surface area contributed by atoms with Gasteiger partial charge in [0.25, 0.3) is 0 Å². The topological polar surface area (TPSA) is 146 Å². The van der Waals surface area contributed by atoms with Gasteiger partial charge in [0, 0.05) is 11.1 Å². The molecule has 132 valence electrons. The van der Waals surface area contributed by atoms with Crippen LogP contribution >= 0.6 is 0 Å². The first-order valence-electron chi connectivity index (χ1n) is 7.32. The van der Waals surface area contributed by atoms with E-state index in [9.17, 15) is 23.3 Å². The van der Waals surface area contributed by atoms with E-state index in [2.05, 4.69) is 4.98 Å². The molecule has 0 bridgehead atoms. The largest absolute Gasteiger partial charge is 0.455 e. The number of primary amides is 1. The number of carbonyl (C=O) groups excluding carboxylic acids is 1. The van der Waals surface area contributed by atoms with E-state index in [1.54, 1.807) is 0 Å². The number of aromatic nitrogens is 1. The molecule has 10 nitrogen and oxygen atoms in total. The first-order valence-corrected chi connectivity index (χ1v) is 9.17. The van der Waals surface area contributed by atoms with Crippen molar-refractivity contribution in [1.29, 1.82) is 0 Å². The van der Waals surface area contributed by atoms with Crippen LogP contribution in [0.15, 0.2) is 12.1 Å². The lowest BCUT2D eigenvalue weighted by atomic mass is 9.98. The summed E-state index contributed by atoms with van der Waals surface area (Å²) in [4.78, 5) is 25.5. The molecule has 0 saturated heterocycles. The van der Waals surface area contributed by atoms with Crippen LogP contribution in [-0.4, -0.2) is 36.7 Å². The van der Waals surface area contributed by atoms with Crippen molar-refractivity contribution in [2.24, 2.45) is 5.73 Å². The van der Waals surface area contributed by atoms with Crippen molar-refractivity contribution >= 4 is 27.6 Å². The number of ether oxygens (including phenoxy) is 1. The molecule has 2 N–H and O–H groups in total. The number of nitrogens with zero attached hydrogens (tertiary/aromatic N) is 3. The number of pyridine rings is 1. The molecule has 1 fully saturated rings. The van der Waals surface area contributed by atoms with Crippen molar-refractivity contribution in [3.05, 3.63) is 22.2 Å². The molecule has 0 unspecified atom stereocenters. The molecule has 0 aromatic carbocycles. The first-order chi connectivity index (χ1) is 11.2. The van der Waals surface area contributed by atoms with E-state index in [1.165, 1.54) is 0 Å². The number of hydrogen-bond acceptors (Lipinski definition) is 7. The van der Waals surface area contributed by atoms with Crippen molar-refractivity contribution in [1.82, 2.24) is 4.98 Å². The molecule has 1 aromatic heterocycles. The van der Waals surface area contributed by atoms with Gasteiger partial charge in [0.05, 0.1) is 6.26 Å². The molecule has 1 saturated carbocycles. The molecule has 0 atom stereocenters. The molecule has 0 radical (unpaired) electrons. The van der Waals surface area contributed by atoms with Crippen LogP contribution in [0, 0.1) is 10.1 Å².